The molecule has 0 spiro atoms. The quantitative estimate of drug-likeness (QED) is 0.334. The Kier molecular flexibility index (Phi) is 8.12. The number of hydrogen-bond acceptors (Lipinski definition) is 7. The Balaban J connectivity index is 2.10. The Hall–Kier alpha value is -2.06. The minimum absolute atomic E-state index is 0.104. The third-order valence-corrected chi connectivity index (χ3v) is 5.25. The molecule has 0 radical (unpaired) electrons. The van der Waals surface area contributed by atoms with Gasteiger partial charge in [-0.05, 0) is 43.0 Å². The number of thiocarbonyl (C=S) groups is 1. The first-order chi connectivity index (χ1) is 13.0. The maximum Gasteiger partial charge on any atom is 0.266 e. The first-order valence-electron chi connectivity index (χ1n) is 8.72. The van der Waals surface area contributed by atoms with Gasteiger partial charge in [0, 0.05) is 12.5 Å². The molecule has 0 unspecified atom stereocenters. The average Bonchev–Trinajstić information content (AvgIpc) is 2.90. The van der Waals surface area contributed by atoms with E-state index in [1.54, 1.807) is 13.2 Å². The van der Waals surface area contributed by atoms with Crippen LogP contribution in [0.1, 0.15) is 38.2 Å². The number of hydrogen-bond donors (Lipinski definition) is 0. The number of thioether (sulfide) groups is 1. The van der Waals surface area contributed by atoms with Crippen LogP contribution in [-0.4, -0.2) is 41.4 Å². The molecule has 27 heavy (non-hydrogen) atoms. The van der Waals surface area contributed by atoms with Gasteiger partial charge in [0.05, 0.1) is 18.6 Å². The molecule has 0 bridgehead atoms. The lowest BCUT2D eigenvalue weighted by Crippen LogP contribution is -2.30. The highest BCUT2D eigenvalue weighted by Crippen LogP contribution is 2.35. The van der Waals surface area contributed by atoms with E-state index in [-0.39, 0.29) is 18.9 Å². The minimum atomic E-state index is -1.13. The number of nitrogens with zero attached hydrogens (tertiary/aromatic N) is 1. The van der Waals surface area contributed by atoms with Crippen molar-refractivity contribution in [3.8, 4) is 11.5 Å². The molecule has 0 aromatic heterocycles. The number of rotatable bonds is 10. The first kappa shape index (κ1) is 21.2. The van der Waals surface area contributed by atoms with E-state index >= 15 is 0 Å². The topological polar surface area (TPSA) is 78.9 Å². The van der Waals surface area contributed by atoms with Gasteiger partial charge in [0.25, 0.3) is 5.91 Å². The van der Waals surface area contributed by atoms with Crippen molar-refractivity contribution in [1.82, 2.24) is 4.90 Å². The van der Waals surface area contributed by atoms with Crippen LogP contribution in [0.5, 0.6) is 11.5 Å². The molecule has 1 heterocycles. The van der Waals surface area contributed by atoms with E-state index in [1.165, 1.54) is 16.7 Å². The van der Waals surface area contributed by atoms with E-state index in [2.05, 4.69) is 6.92 Å². The molecule has 0 atom stereocenters. The van der Waals surface area contributed by atoms with Crippen LogP contribution in [0.25, 0.3) is 6.08 Å². The molecule has 1 aromatic carbocycles. The fourth-order valence-electron chi connectivity index (χ4n) is 2.45. The third kappa shape index (κ3) is 5.97. The third-order valence-electron chi connectivity index (χ3n) is 3.88. The van der Waals surface area contributed by atoms with Crippen molar-refractivity contribution in [2.75, 3.05) is 20.3 Å². The van der Waals surface area contributed by atoms with Crippen molar-refractivity contribution < 1.29 is 24.2 Å². The Labute approximate surface area is 168 Å². The molecule has 1 amide bonds. The van der Waals surface area contributed by atoms with Crippen LogP contribution in [0.15, 0.2) is 23.1 Å². The standard InChI is InChI=1S/C19H23NO5S2/c1-3-4-10-25-14-8-7-13(11-15(14)24-2)12-16-18(23)20(19(26)27-16)9-5-6-17(21)22/h7-8,11-12H,3-6,9-10H2,1-2H3,(H,21,22)/p-1/b16-12-. The lowest BCUT2D eigenvalue weighted by Gasteiger charge is -2.14. The Morgan fingerprint density at radius 2 is 2.11 bits per heavy atom. The highest BCUT2D eigenvalue weighted by Gasteiger charge is 2.31. The summed E-state index contributed by atoms with van der Waals surface area (Å²) in [4.78, 5) is 25.0. The highest BCUT2D eigenvalue weighted by molar-refractivity contribution is 8.26. The number of carbonyl (C=O) groups excluding carboxylic acids is 2. The number of carbonyl (C=O) groups is 2. The maximum atomic E-state index is 12.5. The van der Waals surface area contributed by atoms with Gasteiger partial charge in [0.1, 0.15) is 4.32 Å². The summed E-state index contributed by atoms with van der Waals surface area (Å²) in [6.45, 7) is 2.98. The zero-order valence-electron chi connectivity index (χ0n) is 15.4. The molecule has 0 saturated carbocycles. The number of methoxy groups -OCH3 is 1. The molecule has 8 heteroatoms. The van der Waals surface area contributed by atoms with E-state index < -0.39 is 5.97 Å². The Morgan fingerprint density at radius 3 is 2.78 bits per heavy atom. The fraction of sp³-hybridized carbons (Fsp3) is 0.421. The molecule has 1 aromatic rings. The summed E-state index contributed by atoms with van der Waals surface area (Å²) in [5.74, 6) is -0.0860. The second kappa shape index (κ2) is 10.3. The largest absolute Gasteiger partial charge is 0.550 e. The minimum Gasteiger partial charge on any atom is -0.550 e. The van der Waals surface area contributed by atoms with E-state index in [4.69, 9.17) is 21.7 Å². The van der Waals surface area contributed by atoms with Crippen molar-refractivity contribution in [2.45, 2.75) is 32.6 Å². The van der Waals surface area contributed by atoms with E-state index in [9.17, 15) is 14.7 Å². The summed E-state index contributed by atoms with van der Waals surface area (Å²) in [5, 5.41) is 10.5. The number of carboxylic acid groups (broad SMARTS) is 1. The number of ether oxygens (including phenoxy) is 2. The van der Waals surface area contributed by atoms with Crippen LogP contribution >= 0.6 is 24.0 Å². The van der Waals surface area contributed by atoms with Crippen molar-refractivity contribution in [3.05, 3.63) is 28.7 Å². The van der Waals surface area contributed by atoms with Gasteiger partial charge in [-0.25, -0.2) is 0 Å². The predicted molar refractivity (Wildman–Crippen MR) is 108 cm³/mol. The van der Waals surface area contributed by atoms with Gasteiger partial charge in [-0.2, -0.15) is 0 Å². The molecule has 1 fully saturated rings. The Morgan fingerprint density at radius 1 is 1.33 bits per heavy atom. The van der Waals surface area contributed by atoms with Gasteiger partial charge in [-0.15, -0.1) is 0 Å². The van der Waals surface area contributed by atoms with Crippen molar-refractivity contribution >= 4 is 46.3 Å². The lowest BCUT2D eigenvalue weighted by atomic mass is 10.2. The fourth-order valence-corrected chi connectivity index (χ4v) is 3.75. The number of amides is 1. The van der Waals surface area contributed by atoms with Gasteiger partial charge in [-0.1, -0.05) is 43.4 Å². The summed E-state index contributed by atoms with van der Waals surface area (Å²) >= 11 is 6.44. The molecule has 0 aliphatic carbocycles. The predicted octanol–water partition coefficient (Wildman–Crippen LogP) is 2.61. The second-order valence-corrected chi connectivity index (χ2v) is 7.60. The maximum absolute atomic E-state index is 12.5. The number of aliphatic carboxylic acids is 1. The summed E-state index contributed by atoms with van der Waals surface area (Å²) in [6, 6.07) is 5.48. The van der Waals surface area contributed by atoms with Crippen LogP contribution in [0.4, 0.5) is 0 Å². The van der Waals surface area contributed by atoms with Crippen LogP contribution in [0, 0.1) is 0 Å². The average molecular weight is 409 g/mol. The zero-order chi connectivity index (χ0) is 19.8. The second-order valence-electron chi connectivity index (χ2n) is 5.92. The van der Waals surface area contributed by atoms with Crippen LogP contribution in [-0.2, 0) is 9.59 Å². The van der Waals surface area contributed by atoms with Crippen molar-refractivity contribution in [3.63, 3.8) is 0 Å². The summed E-state index contributed by atoms with van der Waals surface area (Å²) in [6.07, 6.45) is 3.96. The summed E-state index contributed by atoms with van der Waals surface area (Å²) in [5.41, 5.74) is 0.796. The molecule has 1 aliphatic heterocycles. The monoisotopic (exact) mass is 408 g/mol. The van der Waals surface area contributed by atoms with E-state index in [1.807, 2.05) is 18.2 Å². The van der Waals surface area contributed by atoms with Gasteiger partial charge in [0.15, 0.2) is 11.5 Å². The van der Waals surface area contributed by atoms with Gasteiger partial charge >= 0.3 is 0 Å². The van der Waals surface area contributed by atoms with E-state index in [0.29, 0.717) is 33.8 Å². The molecule has 146 valence electrons. The number of carboxylic acids is 1. The van der Waals surface area contributed by atoms with Gasteiger partial charge < -0.3 is 19.4 Å². The van der Waals surface area contributed by atoms with Crippen LogP contribution in [0.3, 0.4) is 0 Å². The first-order valence-corrected chi connectivity index (χ1v) is 9.94. The molecule has 1 saturated heterocycles. The van der Waals surface area contributed by atoms with Gasteiger partial charge in [0.2, 0.25) is 0 Å². The highest BCUT2D eigenvalue weighted by atomic mass is 32.2. The van der Waals surface area contributed by atoms with Crippen LogP contribution in [0.2, 0.25) is 0 Å². The number of benzene rings is 1. The molecule has 1 aliphatic rings. The molecular weight excluding hydrogens is 386 g/mol. The smallest absolute Gasteiger partial charge is 0.266 e. The zero-order valence-corrected chi connectivity index (χ0v) is 17.0. The summed E-state index contributed by atoms with van der Waals surface area (Å²) in [7, 11) is 1.57. The Bertz CT molecular complexity index is 748. The molecule has 0 N–H and O–H groups in total. The van der Waals surface area contributed by atoms with Crippen LogP contribution < -0.4 is 14.6 Å². The lowest BCUT2D eigenvalue weighted by molar-refractivity contribution is -0.305. The van der Waals surface area contributed by atoms with E-state index in [0.717, 1.165) is 18.4 Å². The number of unbranched alkanes of at least 4 members (excludes halogenated alkanes) is 1. The van der Waals surface area contributed by atoms with Crippen molar-refractivity contribution in [1.29, 1.82) is 0 Å². The SMILES string of the molecule is CCCCOc1ccc(/C=C2\SC(=S)N(CCCC(=O)[O-])C2=O)cc1OC. The molecule has 6 nitrogen and oxygen atoms in total. The van der Waals surface area contributed by atoms with Crippen molar-refractivity contribution in [2.24, 2.45) is 0 Å². The normalized spacial score (nSPS) is 15.5. The summed E-state index contributed by atoms with van der Waals surface area (Å²) < 4.78 is 11.5. The molecule has 2 rings (SSSR count). The van der Waals surface area contributed by atoms with Gasteiger partial charge in [-0.3, -0.25) is 9.69 Å². The molecular formula is C19H22NO5S2-.